The first kappa shape index (κ1) is 26.8. The van der Waals surface area contributed by atoms with Gasteiger partial charge in [-0.3, -0.25) is 19.3 Å². The number of nitrogens with one attached hydrogen (secondary N) is 1. The first-order chi connectivity index (χ1) is 16.7. The van der Waals surface area contributed by atoms with Crippen molar-refractivity contribution >= 4 is 81.0 Å². The van der Waals surface area contributed by atoms with Crippen LogP contribution in [0.15, 0.2) is 41.3 Å². The molecular weight excluding hydrogens is 535 g/mol. The molecule has 1 heterocycles. The lowest BCUT2D eigenvalue weighted by Gasteiger charge is -2.13. The van der Waals surface area contributed by atoms with E-state index in [2.05, 4.69) is 5.32 Å². The highest BCUT2D eigenvalue weighted by molar-refractivity contribution is 8.26. The average molecular weight is 555 g/mol. The van der Waals surface area contributed by atoms with E-state index in [1.807, 2.05) is 0 Å². The lowest BCUT2D eigenvalue weighted by molar-refractivity contribution is -0.137. The van der Waals surface area contributed by atoms with Crippen molar-refractivity contribution in [1.29, 1.82) is 0 Å². The van der Waals surface area contributed by atoms with Crippen LogP contribution in [0.2, 0.25) is 10.0 Å². The summed E-state index contributed by atoms with van der Waals surface area (Å²) in [6, 6.07) is 9.73. The summed E-state index contributed by atoms with van der Waals surface area (Å²) < 4.78 is 11.6. The molecule has 0 aliphatic carbocycles. The fourth-order valence-corrected chi connectivity index (χ4v) is 4.74. The minimum Gasteiger partial charge on any atom is -0.490 e. The minimum absolute atomic E-state index is 0.0115. The van der Waals surface area contributed by atoms with E-state index in [9.17, 15) is 14.4 Å². The maximum Gasteiger partial charge on any atom is 0.305 e. The molecule has 1 aliphatic rings. The van der Waals surface area contributed by atoms with Crippen LogP contribution in [0.4, 0.5) is 5.69 Å². The van der Waals surface area contributed by atoms with Crippen LogP contribution in [0.3, 0.4) is 0 Å². The second-order valence-corrected chi connectivity index (χ2v) is 9.60. The van der Waals surface area contributed by atoms with Gasteiger partial charge < -0.3 is 19.9 Å². The van der Waals surface area contributed by atoms with Crippen molar-refractivity contribution in [1.82, 2.24) is 4.90 Å². The Morgan fingerprint density at radius 3 is 2.63 bits per heavy atom. The number of carboxylic acid groups (broad SMARTS) is 1. The van der Waals surface area contributed by atoms with Crippen molar-refractivity contribution in [3.8, 4) is 11.5 Å². The van der Waals surface area contributed by atoms with Crippen LogP contribution in [0.5, 0.6) is 11.5 Å². The fourth-order valence-electron chi connectivity index (χ4n) is 2.97. The predicted molar refractivity (Wildman–Crippen MR) is 140 cm³/mol. The van der Waals surface area contributed by atoms with Gasteiger partial charge in [0.05, 0.1) is 28.6 Å². The van der Waals surface area contributed by atoms with E-state index >= 15 is 0 Å². The Balaban J connectivity index is 1.69. The standard InChI is InChI=1S/C23H20Cl2N2O6S2/c1-2-32-18-9-13(10-19-22(31)27(23(34)35-19)8-7-21(29)30)3-6-17(18)33-12-20(28)26-16-5-4-14(24)11-15(16)25/h3-6,9-11H,2,7-8,12H2,1H3,(H,26,28)(H,29,30)/b19-10-. The quantitative estimate of drug-likeness (QED) is 0.309. The molecule has 35 heavy (non-hydrogen) atoms. The van der Waals surface area contributed by atoms with Crippen molar-refractivity contribution < 1.29 is 29.0 Å². The Labute approximate surface area is 221 Å². The van der Waals surface area contributed by atoms with Gasteiger partial charge in [0.1, 0.15) is 4.32 Å². The number of rotatable bonds is 10. The van der Waals surface area contributed by atoms with Crippen molar-refractivity contribution in [3.05, 3.63) is 56.9 Å². The minimum atomic E-state index is -1.01. The molecule has 1 fully saturated rings. The van der Waals surface area contributed by atoms with Crippen LogP contribution in [0, 0.1) is 0 Å². The molecule has 184 valence electrons. The number of carbonyl (C=O) groups is 3. The van der Waals surface area contributed by atoms with Crippen molar-refractivity contribution in [2.45, 2.75) is 13.3 Å². The van der Waals surface area contributed by atoms with E-state index in [0.717, 1.165) is 11.8 Å². The van der Waals surface area contributed by atoms with Crippen LogP contribution < -0.4 is 14.8 Å². The van der Waals surface area contributed by atoms with Gasteiger partial charge in [0.2, 0.25) is 0 Å². The van der Waals surface area contributed by atoms with Crippen LogP contribution in [-0.4, -0.2) is 51.9 Å². The van der Waals surface area contributed by atoms with Gasteiger partial charge in [0, 0.05) is 11.6 Å². The molecule has 0 spiro atoms. The third kappa shape index (κ3) is 7.35. The Morgan fingerprint density at radius 2 is 1.94 bits per heavy atom. The Morgan fingerprint density at radius 1 is 1.17 bits per heavy atom. The van der Waals surface area contributed by atoms with Crippen molar-refractivity contribution in [2.75, 3.05) is 25.1 Å². The number of amides is 2. The second-order valence-electron chi connectivity index (χ2n) is 7.08. The number of benzene rings is 2. The van der Waals surface area contributed by atoms with Gasteiger partial charge in [0.15, 0.2) is 18.1 Å². The zero-order valence-electron chi connectivity index (χ0n) is 18.4. The number of anilines is 1. The van der Waals surface area contributed by atoms with Crippen LogP contribution in [0.25, 0.3) is 6.08 Å². The summed E-state index contributed by atoms with van der Waals surface area (Å²) >= 11 is 18.3. The van der Waals surface area contributed by atoms with Crippen molar-refractivity contribution in [2.24, 2.45) is 0 Å². The zero-order chi connectivity index (χ0) is 25.5. The van der Waals surface area contributed by atoms with E-state index in [1.54, 1.807) is 43.3 Å². The first-order valence-electron chi connectivity index (χ1n) is 10.3. The normalized spacial score (nSPS) is 14.4. The highest BCUT2D eigenvalue weighted by Crippen LogP contribution is 2.35. The molecule has 2 aromatic rings. The smallest absolute Gasteiger partial charge is 0.305 e. The number of nitrogens with zero attached hydrogens (tertiary/aromatic N) is 1. The topological polar surface area (TPSA) is 105 Å². The van der Waals surface area contributed by atoms with Gasteiger partial charge >= 0.3 is 5.97 Å². The molecule has 2 amide bonds. The number of thioether (sulfide) groups is 1. The Bertz CT molecular complexity index is 1200. The monoisotopic (exact) mass is 554 g/mol. The number of thiocarbonyl (C=S) groups is 1. The molecule has 0 atom stereocenters. The van der Waals surface area contributed by atoms with Gasteiger partial charge in [-0.1, -0.05) is 53.2 Å². The number of aliphatic carboxylic acids is 1. The third-order valence-corrected chi connectivity index (χ3v) is 6.48. The largest absolute Gasteiger partial charge is 0.490 e. The van der Waals surface area contributed by atoms with Gasteiger partial charge in [-0.05, 0) is 48.9 Å². The molecular formula is C23H20Cl2N2O6S2. The molecule has 12 heteroatoms. The van der Waals surface area contributed by atoms with Crippen LogP contribution in [0.1, 0.15) is 18.9 Å². The summed E-state index contributed by atoms with van der Waals surface area (Å²) in [6.07, 6.45) is 1.44. The van der Waals surface area contributed by atoms with Gasteiger partial charge in [-0.25, -0.2) is 0 Å². The first-order valence-corrected chi connectivity index (χ1v) is 12.3. The number of carboxylic acids is 1. The summed E-state index contributed by atoms with van der Waals surface area (Å²) in [5.74, 6) is -1.05. The average Bonchev–Trinajstić information content (AvgIpc) is 3.06. The summed E-state index contributed by atoms with van der Waals surface area (Å²) in [7, 11) is 0. The van der Waals surface area contributed by atoms with Gasteiger partial charge in [-0.15, -0.1) is 0 Å². The molecule has 2 aromatic carbocycles. The second kappa shape index (κ2) is 12.3. The van der Waals surface area contributed by atoms with Crippen LogP contribution in [-0.2, 0) is 14.4 Å². The lowest BCUT2D eigenvalue weighted by atomic mass is 10.2. The molecule has 3 rings (SSSR count). The number of hydrogen-bond donors (Lipinski definition) is 2. The maximum absolute atomic E-state index is 12.6. The molecule has 2 N–H and O–H groups in total. The number of halogens is 2. The number of ether oxygens (including phenoxy) is 2. The highest BCUT2D eigenvalue weighted by Gasteiger charge is 2.32. The van der Waals surface area contributed by atoms with Crippen LogP contribution >= 0.6 is 47.2 Å². The summed E-state index contributed by atoms with van der Waals surface area (Å²) in [5.41, 5.74) is 1.06. The molecule has 0 bridgehead atoms. The maximum atomic E-state index is 12.6. The molecule has 0 saturated carbocycles. The molecule has 1 saturated heterocycles. The van der Waals surface area contributed by atoms with Crippen molar-refractivity contribution in [3.63, 3.8) is 0 Å². The fraction of sp³-hybridized carbons (Fsp3) is 0.217. The summed E-state index contributed by atoms with van der Waals surface area (Å²) in [5, 5.41) is 12.3. The molecule has 0 aromatic heterocycles. The number of hydrogen-bond acceptors (Lipinski definition) is 7. The predicted octanol–water partition coefficient (Wildman–Crippen LogP) is 5.09. The summed E-state index contributed by atoms with van der Waals surface area (Å²) in [4.78, 5) is 37.4. The van der Waals surface area contributed by atoms with E-state index in [1.165, 1.54) is 11.0 Å². The Hall–Kier alpha value is -2.79. The molecule has 0 unspecified atom stereocenters. The molecule has 1 aliphatic heterocycles. The number of carbonyl (C=O) groups excluding carboxylic acids is 2. The lowest BCUT2D eigenvalue weighted by Crippen LogP contribution is -2.30. The van der Waals surface area contributed by atoms with E-state index in [-0.39, 0.29) is 25.5 Å². The summed E-state index contributed by atoms with van der Waals surface area (Å²) in [6.45, 7) is 1.88. The van der Waals surface area contributed by atoms with Gasteiger partial charge in [-0.2, -0.15) is 0 Å². The molecule has 0 radical (unpaired) electrons. The highest BCUT2D eigenvalue weighted by atomic mass is 35.5. The van der Waals surface area contributed by atoms with Gasteiger partial charge in [0.25, 0.3) is 11.8 Å². The van der Waals surface area contributed by atoms with E-state index in [0.29, 0.717) is 48.6 Å². The Kier molecular flexibility index (Phi) is 9.39. The molecule has 8 nitrogen and oxygen atoms in total. The third-order valence-electron chi connectivity index (χ3n) is 4.55. The SMILES string of the molecule is CCOc1cc(/C=C2\SC(=S)N(CCC(=O)O)C2=O)ccc1OCC(=O)Nc1ccc(Cl)cc1Cl. The zero-order valence-corrected chi connectivity index (χ0v) is 21.5. The van der Waals surface area contributed by atoms with E-state index in [4.69, 9.17) is 50.0 Å². The van der Waals surface area contributed by atoms with E-state index < -0.39 is 11.9 Å².